The molecule has 8 heteroatoms. The molecular weight excluding hydrogens is 378 g/mol. The van der Waals surface area contributed by atoms with Crippen molar-refractivity contribution in [1.82, 2.24) is 14.2 Å². The molecule has 0 N–H and O–H groups in total. The van der Waals surface area contributed by atoms with Crippen LogP contribution in [0.15, 0.2) is 53.7 Å². The standard InChI is InChI=1S/C20H23N3O4S/c24-20(23(18-5-6-18)15-16-2-1-9-21-14-16)17-3-7-19(8-4-17)28(25,26)22-10-12-27-13-11-22/h1-4,7-9,14,18H,5-6,10-13,15H2. The number of rotatable bonds is 6. The zero-order chi connectivity index (χ0) is 19.6. The molecule has 28 heavy (non-hydrogen) atoms. The molecule has 2 fully saturated rings. The Kier molecular flexibility index (Phi) is 5.43. The molecule has 0 bridgehead atoms. The molecule has 0 atom stereocenters. The zero-order valence-corrected chi connectivity index (χ0v) is 16.3. The van der Waals surface area contributed by atoms with E-state index in [1.54, 1.807) is 24.5 Å². The molecule has 0 unspecified atom stereocenters. The number of nitrogens with zero attached hydrogens (tertiary/aromatic N) is 3. The quantitative estimate of drug-likeness (QED) is 0.739. The molecule has 0 spiro atoms. The molecule has 4 rings (SSSR count). The van der Waals surface area contributed by atoms with Gasteiger partial charge in [0, 0.05) is 43.6 Å². The van der Waals surface area contributed by atoms with Crippen molar-refractivity contribution in [1.29, 1.82) is 0 Å². The van der Waals surface area contributed by atoms with Crippen LogP contribution in [0.25, 0.3) is 0 Å². The molecule has 148 valence electrons. The molecule has 1 saturated heterocycles. The number of ether oxygens (including phenoxy) is 1. The van der Waals surface area contributed by atoms with Gasteiger partial charge in [-0.05, 0) is 48.7 Å². The van der Waals surface area contributed by atoms with Crippen LogP contribution >= 0.6 is 0 Å². The van der Waals surface area contributed by atoms with Gasteiger partial charge in [0.15, 0.2) is 0 Å². The lowest BCUT2D eigenvalue weighted by Crippen LogP contribution is -2.40. The van der Waals surface area contributed by atoms with Gasteiger partial charge < -0.3 is 9.64 Å². The summed E-state index contributed by atoms with van der Waals surface area (Å²) in [5.41, 5.74) is 1.48. The second-order valence-electron chi connectivity index (χ2n) is 7.07. The molecule has 2 aliphatic rings. The summed E-state index contributed by atoms with van der Waals surface area (Å²) in [6, 6.07) is 10.3. The molecule has 1 amide bonds. The molecule has 2 aromatic rings. The lowest BCUT2D eigenvalue weighted by Gasteiger charge is -2.26. The van der Waals surface area contributed by atoms with Crippen molar-refractivity contribution < 1.29 is 17.9 Å². The lowest BCUT2D eigenvalue weighted by molar-refractivity contribution is 0.0729. The van der Waals surface area contributed by atoms with E-state index in [9.17, 15) is 13.2 Å². The Morgan fingerprint density at radius 1 is 1.14 bits per heavy atom. The van der Waals surface area contributed by atoms with Gasteiger partial charge in [0.1, 0.15) is 0 Å². The van der Waals surface area contributed by atoms with Gasteiger partial charge in [-0.15, -0.1) is 0 Å². The highest BCUT2D eigenvalue weighted by Crippen LogP contribution is 2.30. The average Bonchev–Trinajstić information content (AvgIpc) is 3.58. The van der Waals surface area contributed by atoms with Crippen LogP contribution < -0.4 is 0 Å². The fourth-order valence-corrected chi connectivity index (χ4v) is 4.72. The minimum Gasteiger partial charge on any atom is -0.379 e. The normalized spacial score (nSPS) is 18.0. The van der Waals surface area contributed by atoms with Crippen LogP contribution in [0.3, 0.4) is 0 Å². The van der Waals surface area contributed by atoms with Crippen molar-refractivity contribution in [3.8, 4) is 0 Å². The van der Waals surface area contributed by atoms with Crippen molar-refractivity contribution >= 4 is 15.9 Å². The molecule has 2 heterocycles. The first kappa shape index (κ1) is 19.0. The molecule has 0 radical (unpaired) electrons. The van der Waals surface area contributed by atoms with Crippen LogP contribution in [-0.4, -0.2) is 60.9 Å². The highest BCUT2D eigenvalue weighted by molar-refractivity contribution is 7.89. The van der Waals surface area contributed by atoms with E-state index >= 15 is 0 Å². The third-order valence-electron chi connectivity index (χ3n) is 5.03. The highest BCUT2D eigenvalue weighted by Gasteiger charge is 2.33. The highest BCUT2D eigenvalue weighted by atomic mass is 32.2. The Bertz CT molecular complexity index is 922. The fraction of sp³-hybridized carbons (Fsp3) is 0.400. The Hall–Kier alpha value is -2.29. The first-order valence-electron chi connectivity index (χ1n) is 9.43. The number of sulfonamides is 1. The van der Waals surface area contributed by atoms with E-state index in [0.29, 0.717) is 38.4 Å². The van der Waals surface area contributed by atoms with Crippen LogP contribution in [-0.2, 0) is 21.3 Å². The number of carbonyl (C=O) groups excluding carboxylic acids is 1. The first-order chi connectivity index (χ1) is 13.6. The summed E-state index contributed by atoms with van der Waals surface area (Å²) >= 11 is 0. The first-order valence-corrected chi connectivity index (χ1v) is 10.9. The van der Waals surface area contributed by atoms with Crippen molar-refractivity contribution in [3.05, 3.63) is 59.9 Å². The van der Waals surface area contributed by atoms with Gasteiger partial charge in [0.2, 0.25) is 10.0 Å². The van der Waals surface area contributed by atoms with Gasteiger partial charge in [0.25, 0.3) is 5.91 Å². The molecule has 1 aromatic heterocycles. The van der Waals surface area contributed by atoms with E-state index in [1.165, 1.54) is 16.4 Å². The Morgan fingerprint density at radius 3 is 2.46 bits per heavy atom. The maximum absolute atomic E-state index is 13.0. The molecule has 1 aromatic carbocycles. The second kappa shape index (κ2) is 7.98. The monoisotopic (exact) mass is 401 g/mol. The summed E-state index contributed by atoms with van der Waals surface area (Å²) in [7, 11) is -3.56. The molecule has 1 aliphatic carbocycles. The average molecular weight is 401 g/mol. The van der Waals surface area contributed by atoms with Gasteiger partial charge in [-0.3, -0.25) is 9.78 Å². The van der Waals surface area contributed by atoms with E-state index in [-0.39, 0.29) is 16.8 Å². The topological polar surface area (TPSA) is 79.8 Å². The predicted octanol–water partition coefficient (Wildman–Crippen LogP) is 1.91. The number of pyridine rings is 1. The second-order valence-corrected chi connectivity index (χ2v) is 9.00. The number of hydrogen-bond acceptors (Lipinski definition) is 5. The Morgan fingerprint density at radius 2 is 1.86 bits per heavy atom. The predicted molar refractivity (Wildman–Crippen MR) is 103 cm³/mol. The Labute approximate surface area is 165 Å². The number of hydrogen-bond donors (Lipinski definition) is 0. The van der Waals surface area contributed by atoms with Crippen LogP contribution in [0.5, 0.6) is 0 Å². The van der Waals surface area contributed by atoms with E-state index in [1.807, 2.05) is 17.0 Å². The van der Waals surface area contributed by atoms with Gasteiger partial charge >= 0.3 is 0 Å². The van der Waals surface area contributed by atoms with E-state index in [2.05, 4.69) is 4.98 Å². The summed E-state index contributed by atoms with van der Waals surface area (Å²) in [4.78, 5) is 19.2. The number of amides is 1. The smallest absolute Gasteiger partial charge is 0.254 e. The van der Waals surface area contributed by atoms with Gasteiger partial charge in [0.05, 0.1) is 18.1 Å². The summed E-state index contributed by atoms with van der Waals surface area (Å²) in [6.07, 6.45) is 5.46. The largest absolute Gasteiger partial charge is 0.379 e. The third-order valence-corrected chi connectivity index (χ3v) is 6.95. The van der Waals surface area contributed by atoms with Crippen molar-refractivity contribution in [3.63, 3.8) is 0 Å². The lowest BCUT2D eigenvalue weighted by atomic mass is 10.1. The molecule has 7 nitrogen and oxygen atoms in total. The van der Waals surface area contributed by atoms with Gasteiger partial charge in [-0.25, -0.2) is 8.42 Å². The zero-order valence-electron chi connectivity index (χ0n) is 15.5. The number of carbonyl (C=O) groups is 1. The minimum absolute atomic E-state index is 0.0818. The van der Waals surface area contributed by atoms with Crippen molar-refractivity contribution in [2.24, 2.45) is 0 Å². The number of aromatic nitrogens is 1. The molecule has 1 aliphatic heterocycles. The van der Waals surface area contributed by atoms with Crippen molar-refractivity contribution in [2.45, 2.75) is 30.3 Å². The number of benzene rings is 1. The maximum Gasteiger partial charge on any atom is 0.254 e. The summed E-state index contributed by atoms with van der Waals surface area (Å²) in [5, 5.41) is 0. The van der Waals surface area contributed by atoms with Crippen LogP contribution in [0, 0.1) is 0 Å². The SMILES string of the molecule is O=C(c1ccc(S(=O)(=O)N2CCOCC2)cc1)N(Cc1cccnc1)C1CC1. The van der Waals surface area contributed by atoms with E-state index < -0.39 is 10.0 Å². The molecular formula is C20H23N3O4S. The molecule has 1 saturated carbocycles. The van der Waals surface area contributed by atoms with Crippen LogP contribution in [0.4, 0.5) is 0 Å². The van der Waals surface area contributed by atoms with Gasteiger partial charge in [-0.2, -0.15) is 4.31 Å². The maximum atomic E-state index is 13.0. The van der Waals surface area contributed by atoms with Crippen molar-refractivity contribution in [2.75, 3.05) is 26.3 Å². The van der Waals surface area contributed by atoms with Crippen LogP contribution in [0.2, 0.25) is 0 Å². The van der Waals surface area contributed by atoms with Gasteiger partial charge in [-0.1, -0.05) is 6.07 Å². The van der Waals surface area contributed by atoms with E-state index in [0.717, 1.165) is 18.4 Å². The summed E-state index contributed by atoms with van der Waals surface area (Å²) in [5.74, 6) is -0.0818. The summed E-state index contributed by atoms with van der Waals surface area (Å²) < 4.78 is 32.1. The Balaban J connectivity index is 1.51. The minimum atomic E-state index is -3.56. The van der Waals surface area contributed by atoms with Crippen LogP contribution in [0.1, 0.15) is 28.8 Å². The third kappa shape index (κ3) is 4.09. The van der Waals surface area contributed by atoms with E-state index in [4.69, 9.17) is 4.74 Å². The number of morpholine rings is 1. The summed E-state index contributed by atoms with van der Waals surface area (Å²) in [6.45, 7) is 2.01. The fourth-order valence-electron chi connectivity index (χ4n) is 3.31.